The molecule has 29 heavy (non-hydrogen) atoms. The lowest BCUT2D eigenvalue weighted by molar-refractivity contribution is 0.825. The zero-order chi connectivity index (χ0) is 20.2. The Kier molecular flexibility index (Phi) is 5.10. The van der Waals surface area contributed by atoms with Crippen molar-refractivity contribution in [2.24, 2.45) is 5.92 Å². The second-order valence-corrected chi connectivity index (χ2v) is 6.86. The lowest BCUT2D eigenvalue weighted by atomic mass is 10.0. The molecular weight excluding hydrogens is 366 g/mol. The van der Waals surface area contributed by atoms with Gasteiger partial charge >= 0.3 is 0 Å². The fourth-order valence-corrected chi connectivity index (χ4v) is 2.93. The van der Waals surface area contributed by atoms with Crippen molar-refractivity contribution in [2.75, 3.05) is 16.4 Å². The third kappa shape index (κ3) is 4.52. The number of aryl methyl sites for hydroxylation is 2. The molecule has 0 saturated carbocycles. The van der Waals surface area contributed by atoms with Crippen LogP contribution in [0.25, 0.3) is 6.08 Å². The maximum atomic E-state index is 6.34. The topological polar surface area (TPSA) is 133 Å². The predicted octanol–water partition coefficient (Wildman–Crippen LogP) is 3.75. The Balaban J connectivity index is 1.66. The van der Waals surface area contributed by atoms with Gasteiger partial charge in [-0.05, 0) is 32.3 Å². The molecular formula is C20H23N9. The van der Waals surface area contributed by atoms with Gasteiger partial charge in [0.05, 0.1) is 11.4 Å². The number of nitrogens with zero attached hydrogens (tertiary/aromatic N) is 4. The van der Waals surface area contributed by atoms with Crippen LogP contribution in [0, 0.1) is 19.8 Å². The number of allylic oxidation sites excluding steroid dienone is 5. The molecule has 0 radical (unpaired) electrons. The van der Waals surface area contributed by atoms with Crippen LogP contribution >= 0.6 is 0 Å². The van der Waals surface area contributed by atoms with Crippen molar-refractivity contribution in [1.29, 1.82) is 0 Å². The normalized spacial score (nSPS) is 15.9. The number of hydrogen-bond donors (Lipinski definition) is 5. The van der Waals surface area contributed by atoms with Crippen molar-refractivity contribution in [3.05, 3.63) is 59.7 Å². The lowest BCUT2D eigenvalue weighted by Crippen LogP contribution is -2.08. The summed E-state index contributed by atoms with van der Waals surface area (Å²) in [5.41, 5.74) is 8.46. The van der Waals surface area contributed by atoms with E-state index in [1.165, 1.54) is 0 Å². The number of aromatic amines is 2. The Morgan fingerprint density at radius 2 is 1.62 bits per heavy atom. The Labute approximate surface area is 168 Å². The smallest absolute Gasteiger partial charge is 0.161 e. The maximum absolute atomic E-state index is 6.34. The Morgan fingerprint density at radius 1 is 1.00 bits per heavy atom. The fraction of sp³-hybridized carbons (Fsp3) is 0.200. The van der Waals surface area contributed by atoms with Gasteiger partial charge in [0.2, 0.25) is 0 Å². The average molecular weight is 389 g/mol. The highest BCUT2D eigenvalue weighted by Crippen LogP contribution is 2.29. The summed E-state index contributed by atoms with van der Waals surface area (Å²) in [5.74, 6) is 3.24. The maximum Gasteiger partial charge on any atom is 0.161 e. The van der Waals surface area contributed by atoms with E-state index < -0.39 is 0 Å². The molecule has 0 aliphatic heterocycles. The Bertz CT molecular complexity index is 1020. The van der Waals surface area contributed by atoms with Gasteiger partial charge in [0.15, 0.2) is 17.5 Å². The van der Waals surface area contributed by atoms with Crippen LogP contribution in [-0.4, -0.2) is 30.4 Å². The van der Waals surface area contributed by atoms with Crippen molar-refractivity contribution in [1.82, 2.24) is 30.4 Å². The molecule has 148 valence electrons. The SMILES string of the molecule is Cc1cc(Nc2nc(/C=C/C3C=CC=CC3)nc(Nc3cc(C)n[nH]3)c2N)[nH]n1. The van der Waals surface area contributed by atoms with E-state index in [1.54, 1.807) is 0 Å². The third-order valence-electron chi connectivity index (χ3n) is 4.39. The van der Waals surface area contributed by atoms with Crippen molar-refractivity contribution >= 4 is 35.0 Å². The molecule has 3 aromatic heterocycles. The van der Waals surface area contributed by atoms with E-state index in [2.05, 4.69) is 59.2 Å². The molecule has 4 rings (SSSR count). The Morgan fingerprint density at radius 3 is 2.10 bits per heavy atom. The zero-order valence-electron chi connectivity index (χ0n) is 16.3. The van der Waals surface area contributed by atoms with E-state index >= 15 is 0 Å². The highest BCUT2D eigenvalue weighted by atomic mass is 15.2. The molecule has 3 heterocycles. The third-order valence-corrected chi connectivity index (χ3v) is 4.39. The number of nitrogen functional groups attached to an aromatic ring is 1. The number of hydrogen-bond acceptors (Lipinski definition) is 7. The van der Waals surface area contributed by atoms with Gasteiger partial charge in [0, 0.05) is 12.1 Å². The molecule has 1 aliphatic carbocycles. The molecule has 0 bridgehead atoms. The van der Waals surface area contributed by atoms with Gasteiger partial charge in [-0.3, -0.25) is 10.2 Å². The van der Waals surface area contributed by atoms with E-state index in [9.17, 15) is 0 Å². The first-order chi connectivity index (χ1) is 14.1. The van der Waals surface area contributed by atoms with Gasteiger partial charge in [-0.1, -0.05) is 30.4 Å². The van der Waals surface area contributed by atoms with E-state index in [-0.39, 0.29) is 0 Å². The van der Waals surface area contributed by atoms with Crippen molar-refractivity contribution in [3.8, 4) is 0 Å². The van der Waals surface area contributed by atoms with E-state index in [1.807, 2.05) is 44.2 Å². The summed E-state index contributed by atoms with van der Waals surface area (Å²) in [6.07, 6.45) is 13.3. The largest absolute Gasteiger partial charge is 0.393 e. The first-order valence-electron chi connectivity index (χ1n) is 9.34. The summed E-state index contributed by atoms with van der Waals surface area (Å²) in [7, 11) is 0. The summed E-state index contributed by atoms with van der Waals surface area (Å²) >= 11 is 0. The second kappa shape index (κ2) is 8.01. The van der Waals surface area contributed by atoms with Crippen molar-refractivity contribution in [2.45, 2.75) is 20.3 Å². The highest BCUT2D eigenvalue weighted by Gasteiger charge is 2.13. The van der Waals surface area contributed by atoms with Crippen molar-refractivity contribution < 1.29 is 0 Å². The zero-order valence-corrected chi connectivity index (χ0v) is 16.3. The van der Waals surface area contributed by atoms with E-state index in [0.29, 0.717) is 40.7 Å². The first kappa shape index (κ1) is 18.5. The van der Waals surface area contributed by atoms with Gasteiger partial charge in [-0.25, -0.2) is 9.97 Å². The van der Waals surface area contributed by atoms with Crippen LogP contribution in [0.3, 0.4) is 0 Å². The van der Waals surface area contributed by atoms with Gasteiger partial charge in [0.1, 0.15) is 17.3 Å². The fourth-order valence-electron chi connectivity index (χ4n) is 2.93. The number of nitrogens with two attached hydrogens (primary N) is 1. The number of rotatable bonds is 6. The van der Waals surface area contributed by atoms with Crippen LogP contribution in [0.15, 0.2) is 42.5 Å². The van der Waals surface area contributed by atoms with E-state index in [4.69, 9.17) is 5.73 Å². The average Bonchev–Trinajstić information content (AvgIpc) is 3.32. The second-order valence-electron chi connectivity index (χ2n) is 6.86. The van der Waals surface area contributed by atoms with Crippen LogP contribution in [0.1, 0.15) is 23.6 Å². The van der Waals surface area contributed by atoms with Crippen LogP contribution in [0.2, 0.25) is 0 Å². The molecule has 1 atom stereocenters. The summed E-state index contributed by atoms with van der Waals surface area (Å²) < 4.78 is 0. The molecule has 6 N–H and O–H groups in total. The van der Waals surface area contributed by atoms with Gasteiger partial charge < -0.3 is 16.4 Å². The number of nitrogens with one attached hydrogen (secondary N) is 4. The number of aromatic nitrogens is 6. The number of H-pyrrole nitrogens is 2. The van der Waals surface area contributed by atoms with Crippen LogP contribution in [-0.2, 0) is 0 Å². The standard InChI is InChI=1S/C20H23N9/c1-12-10-16(28-26-12)24-19-18(21)20(25-17-11-13(2)27-29-17)23-15(22-19)9-8-14-6-4-3-5-7-14/h3-6,8-11,14H,7,21H2,1-2H3,(H4,22,23,24,25,26,27,28,29)/b9-8+. The van der Waals surface area contributed by atoms with E-state index in [0.717, 1.165) is 17.8 Å². The quantitative estimate of drug-likeness (QED) is 0.433. The molecule has 0 saturated heterocycles. The summed E-state index contributed by atoms with van der Waals surface area (Å²) in [6, 6.07) is 3.75. The number of anilines is 5. The minimum absolute atomic E-state index is 0.319. The summed E-state index contributed by atoms with van der Waals surface area (Å²) in [4.78, 5) is 9.16. The predicted molar refractivity (Wildman–Crippen MR) is 115 cm³/mol. The first-order valence-corrected chi connectivity index (χ1v) is 9.34. The molecule has 0 spiro atoms. The molecule has 9 nitrogen and oxygen atoms in total. The minimum atomic E-state index is 0.319. The molecule has 0 amide bonds. The van der Waals surface area contributed by atoms with Gasteiger partial charge in [-0.15, -0.1) is 0 Å². The molecule has 1 unspecified atom stereocenters. The monoisotopic (exact) mass is 389 g/mol. The molecule has 9 heteroatoms. The highest BCUT2D eigenvalue weighted by molar-refractivity contribution is 5.80. The lowest BCUT2D eigenvalue weighted by Gasteiger charge is -2.13. The van der Waals surface area contributed by atoms with Crippen LogP contribution < -0.4 is 16.4 Å². The summed E-state index contributed by atoms with van der Waals surface area (Å²) in [6.45, 7) is 3.80. The van der Waals surface area contributed by atoms with Gasteiger partial charge in [-0.2, -0.15) is 10.2 Å². The molecule has 3 aromatic rings. The Hall–Kier alpha value is -3.88. The van der Waals surface area contributed by atoms with Gasteiger partial charge in [0.25, 0.3) is 0 Å². The van der Waals surface area contributed by atoms with Crippen LogP contribution in [0.5, 0.6) is 0 Å². The summed E-state index contributed by atoms with van der Waals surface area (Å²) in [5, 5.41) is 20.4. The molecule has 0 aromatic carbocycles. The molecule has 0 fully saturated rings. The van der Waals surface area contributed by atoms with Crippen LogP contribution in [0.4, 0.5) is 29.0 Å². The minimum Gasteiger partial charge on any atom is -0.393 e. The van der Waals surface area contributed by atoms with Crippen molar-refractivity contribution in [3.63, 3.8) is 0 Å². The molecule has 1 aliphatic rings.